The Morgan fingerprint density at radius 2 is 2.00 bits per heavy atom. The fourth-order valence-corrected chi connectivity index (χ4v) is 3.16. The Labute approximate surface area is 166 Å². The van der Waals surface area contributed by atoms with Crippen molar-refractivity contribution in [3.05, 3.63) is 66.7 Å². The summed E-state index contributed by atoms with van der Waals surface area (Å²) in [5, 5.41) is 2.92. The van der Waals surface area contributed by atoms with Gasteiger partial charge in [-0.2, -0.15) is 0 Å². The van der Waals surface area contributed by atoms with E-state index in [2.05, 4.69) is 11.9 Å². The molecule has 2 aromatic carbocycles. The molecule has 0 bridgehead atoms. The molecule has 0 aliphatic carbocycles. The highest BCUT2D eigenvalue weighted by Gasteiger charge is 2.37. The van der Waals surface area contributed by atoms with Crippen molar-refractivity contribution >= 4 is 23.2 Å². The molecule has 0 saturated carbocycles. The number of nitrogens with zero attached hydrogens (tertiary/aromatic N) is 1. The predicted molar refractivity (Wildman–Crippen MR) is 112 cm³/mol. The topological polar surface area (TPSA) is 58.6 Å². The molecular weight excluding hydrogens is 352 g/mol. The second kappa shape index (κ2) is 8.30. The van der Waals surface area contributed by atoms with Crippen LogP contribution in [-0.2, 0) is 16.0 Å². The van der Waals surface area contributed by atoms with Gasteiger partial charge in [0.25, 0.3) is 0 Å². The predicted octanol–water partition coefficient (Wildman–Crippen LogP) is 4.20. The highest BCUT2D eigenvalue weighted by Crippen LogP contribution is 2.38. The van der Waals surface area contributed by atoms with Gasteiger partial charge >= 0.3 is 0 Å². The van der Waals surface area contributed by atoms with E-state index < -0.39 is 5.41 Å². The van der Waals surface area contributed by atoms with Crippen molar-refractivity contribution in [3.8, 4) is 5.75 Å². The van der Waals surface area contributed by atoms with Crippen LogP contribution in [0, 0.1) is 5.41 Å². The van der Waals surface area contributed by atoms with Crippen LogP contribution >= 0.6 is 0 Å². The van der Waals surface area contributed by atoms with Crippen molar-refractivity contribution in [1.29, 1.82) is 0 Å². The van der Waals surface area contributed by atoms with Crippen molar-refractivity contribution < 1.29 is 14.3 Å². The minimum atomic E-state index is -0.638. The Kier molecular flexibility index (Phi) is 5.83. The third-order valence-corrected chi connectivity index (χ3v) is 4.74. The molecule has 3 rings (SSSR count). The van der Waals surface area contributed by atoms with E-state index in [4.69, 9.17) is 4.74 Å². The van der Waals surface area contributed by atoms with Crippen LogP contribution < -0.4 is 15.0 Å². The smallest absolute Gasteiger partial charge is 0.236 e. The van der Waals surface area contributed by atoms with Crippen LogP contribution in [-0.4, -0.2) is 25.0 Å². The lowest BCUT2D eigenvalue weighted by Crippen LogP contribution is -2.42. The second-order valence-corrected chi connectivity index (χ2v) is 7.59. The monoisotopic (exact) mass is 378 g/mol. The average Bonchev–Trinajstić information content (AvgIpc) is 2.78. The van der Waals surface area contributed by atoms with Crippen molar-refractivity contribution in [1.82, 2.24) is 0 Å². The fourth-order valence-electron chi connectivity index (χ4n) is 3.16. The lowest BCUT2D eigenvalue weighted by Gasteiger charge is -2.27. The molecule has 2 aromatic rings. The molecule has 28 heavy (non-hydrogen) atoms. The van der Waals surface area contributed by atoms with Gasteiger partial charge in [0.2, 0.25) is 11.8 Å². The largest absolute Gasteiger partial charge is 0.490 e. The number of hydrogen-bond acceptors (Lipinski definition) is 3. The van der Waals surface area contributed by atoms with Gasteiger partial charge in [-0.3, -0.25) is 9.59 Å². The maximum Gasteiger partial charge on any atom is 0.236 e. The van der Waals surface area contributed by atoms with Crippen LogP contribution in [0.5, 0.6) is 5.75 Å². The summed E-state index contributed by atoms with van der Waals surface area (Å²) in [6.07, 6.45) is 2.75. The summed E-state index contributed by atoms with van der Waals surface area (Å²) in [6, 6.07) is 15.3. The van der Waals surface area contributed by atoms with Crippen molar-refractivity contribution in [2.45, 2.75) is 26.7 Å². The first-order chi connectivity index (χ1) is 13.4. The molecule has 0 atom stereocenters. The number of rotatable bonds is 6. The Hall–Kier alpha value is -3.08. The summed E-state index contributed by atoms with van der Waals surface area (Å²) in [5.41, 5.74) is 1.78. The number of carbonyl (C=O) groups excluding carboxylic acids is 2. The number of carbonyl (C=O) groups is 2. The van der Waals surface area contributed by atoms with Gasteiger partial charge in [-0.15, -0.1) is 6.58 Å². The Balaban J connectivity index is 1.76. The fraction of sp³-hybridized carbons (Fsp3) is 0.304. The Morgan fingerprint density at radius 3 is 2.71 bits per heavy atom. The summed E-state index contributed by atoms with van der Waals surface area (Å²) >= 11 is 0. The molecule has 5 nitrogen and oxygen atoms in total. The summed E-state index contributed by atoms with van der Waals surface area (Å²) in [5.74, 6) is 0.530. The molecule has 1 heterocycles. The summed E-state index contributed by atoms with van der Waals surface area (Å²) < 4.78 is 5.87. The van der Waals surface area contributed by atoms with Crippen molar-refractivity contribution in [2.24, 2.45) is 5.41 Å². The molecule has 146 valence electrons. The minimum Gasteiger partial charge on any atom is -0.490 e. The van der Waals surface area contributed by atoms with Gasteiger partial charge in [0.1, 0.15) is 12.4 Å². The van der Waals surface area contributed by atoms with Crippen LogP contribution in [0.4, 0.5) is 11.4 Å². The number of anilines is 2. The molecule has 5 heteroatoms. The van der Waals surface area contributed by atoms with E-state index >= 15 is 0 Å². The molecule has 0 radical (unpaired) electrons. The zero-order valence-electron chi connectivity index (χ0n) is 16.4. The maximum absolute atomic E-state index is 12.9. The van der Waals surface area contributed by atoms with Gasteiger partial charge in [-0.05, 0) is 44.0 Å². The lowest BCUT2D eigenvalue weighted by molar-refractivity contribution is -0.127. The van der Waals surface area contributed by atoms with E-state index in [1.54, 1.807) is 29.2 Å². The summed E-state index contributed by atoms with van der Waals surface area (Å²) in [6.45, 7) is 8.17. The standard InChI is InChI=1S/C23H26N2O3/c1-4-14-25-19-15-18(11-12-20(19)28-16-23(2,3)22(25)27)24-21(26)13-10-17-8-6-5-7-9-17/h4-9,11-12,15H,1,10,13-14,16H2,2-3H3,(H,24,26). The first-order valence-corrected chi connectivity index (χ1v) is 9.44. The minimum absolute atomic E-state index is 0.0290. The van der Waals surface area contributed by atoms with Crippen LogP contribution in [0.3, 0.4) is 0 Å². The first-order valence-electron chi connectivity index (χ1n) is 9.44. The molecule has 0 aromatic heterocycles. The molecule has 0 saturated heterocycles. The Morgan fingerprint density at radius 1 is 1.25 bits per heavy atom. The van der Waals surface area contributed by atoms with Gasteiger partial charge in [0.05, 0.1) is 11.1 Å². The summed E-state index contributed by atoms with van der Waals surface area (Å²) in [4.78, 5) is 26.9. The second-order valence-electron chi connectivity index (χ2n) is 7.59. The molecule has 1 aliphatic heterocycles. The molecule has 0 unspecified atom stereocenters. The molecule has 1 N–H and O–H groups in total. The van der Waals surface area contributed by atoms with Gasteiger partial charge in [-0.1, -0.05) is 36.4 Å². The number of nitrogens with one attached hydrogen (secondary N) is 1. The highest BCUT2D eigenvalue weighted by molar-refractivity contribution is 6.00. The van der Waals surface area contributed by atoms with Crippen LogP contribution in [0.15, 0.2) is 61.2 Å². The van der Waals surface area contributed by atoms with Crippen molar-refractivity contribution in [3.63, 3.8) is 0 Å². The number of hydrogen-bond donors (Lipinski definition) is 1. The van der Waals surface area contributed by atoms with Crippen LogP contribution in [0.25, 0.3) is 0 Å². The number of fused-ring (bicyclic) bond motifs is 1. The van der Waals surface area contributed by atoms with Crippen LogP contribution in [0.1, 0.15) is 25.8 Å². The van der Waals surface area contributed by atoms with E-state index in [9.17, 15) is 9.59 Å². The van der Waals surface area contributed by atoms with E-state index in [0.717, 1.165) is 5.56 Å². The first kappa shape index (κ1) is 19.7. The van der Waals surface area contributed by atoms with E-state index in [-0.39, 0.29) is 11.8 Å². The third-order valence-electron chi connectivity index (χ3n) is 4.74. The van der Waals surface area contributed by atoms with E-state index in [1.807, 2.05) is 44.2 Å². The number of ether oxygens (including phenoxy) is 1. The van der Waals surface area contributed by atoms with Gasteiger partial charge in [-0.25, -0.2) is 0 Å². The molecule has 0 spiro atoms. The molecular formula is C23H26N2O3. The number of amides is 2. The molecule has 1 aliphatic rings. The zero-order valence-corrected chi connectivity index (χ0v) is 16.4. The van der Waals surface area contributed by atoms with Crippen LogP contribution in [0.2, 0.25) is 0 Å². The molecule has 2 amide bonds. The quantitative estimate of drug-likeness (QED) is 0.767. The SMILES string of the molecule is C=CCN1C(=O)C(C)(C)COc2ccc(NC(=O)CCc3ccccc3)cc21. The third kappa shape index (κ3) is 4.42. The molecule has 0 fully saturated rings. The highest BCUT2D eigenvalue weighted by atomic mass is 16.5. The van der Waals surface area contributed by atoms with Crippen molar-refractivity contribution in [2.75, 3.05) is 23.4 Å². The maximum atomic E-state index is 12.9. The average molecular weight is 378 g/mol. The number of benzene rings is 2. The lowest BCUT2D eigenvalue weighted by atomic mass is 9.93. The van der Waals surface area contributed by atoms with Gasteiger partial charge < -0.3 is 15.0 Å². The summed E-state index contributed by atoms with van der Waals surface area (Å²) in [7, 11) is 0. The zero-order chi connectivity index (χ0) is 20.1. The normalized spacial score (nSPS) is 15.2. The van der Waals surface area contributed by atoms with Gasteiger partial charge in [0, 0.05) is 18.7 Å². The Bertz CT molecular complexity index is 875. The van der Waals surface area contributed by atoms with E-state index in [0.29, 0.717) is 43.1 Å². The van der Waals surface area contributed by atoms with Gasteiger partial charge in [0.15, 0.2) is 0 Å². The number of aryl methyl sites for hydroxylation is 1. The van der Waals surface area contributed by atoms with E-state index in [1.165, 1.54) is 0 Å².